The first-order valence-corrected chi connectivity index (χ1v) is 10.2. The second-order valence-corrected chi connectivity index (χ2v) is 8.24. The first kappa shape index (κ1) is 20.2. The molecular weight excluding hydrogens is 376 g/mol. The van der Waals surface area contributed by atoms with E-state index in [9.17, 15) is 9.59 Å². The van der Waals surface area contributed by atoms with E-state index in [1.807, 2.05) is 24.3 Å². The minimum absolute atomic E-state index is 0.238. The zero-order chi connectivity index (χ0) is 20.1. The van der Waals surface area contributed by atoms with E-state index in [0.29, 0.717) is 28.7 Å². The van der Waals surface area contributed by atoms with E-state index in [1.165, 1.54) is 28.2 Å². The van der Waals surface area contributed by atoms with Crippen LogP contribution in [0.25, 0.3) is 0 Å². The standard InChI is InChI=1S/C21H26N2O4S/c1-13-4-8-18-15(10-13)12-19(28-18)21(25)23-22-20(24)9-6-14-5-7-16(26-2)17(11-14)27-3/h5,7,11-13H,4,6,8-10H2,1-3H3,(H,22,24)(H,23,25)/t13-/m0/s1. The third-order valence-electron chi connectivity index (χ3n) is 4.96. The molecule has 0 radical (unpaired) electrons. The Balaban J connectivity index is 1.48. The quantitative estimate of drug-likeness (QED) is 0.727. The van der Waals surface area contributed by atoms with E-state index < -0.39 is 0 Å². The monoisotopic (exact) mass is 402 g/mol. The molecule has 2 N–H and O–H groups in total. The predicted octanol–water partition coefficient (Wildman–Crippen LogP) is 3.28. The molecule has 2 amide bonds. The zero-order valence-corrected chi connectivity index (χ0v) is 17.3. The molecule has 3 rings (SSSR count). The van der Waals surface area contributed by atoms with E-state index in [1.54, 1.807) is 14.2 Å². The Morgan fingerprint density at radius 2 is 1.93 bits per heavy atom. The van der Waals surface area contributed by atoms with Gasteiger partial charge in [0.15, 0.2) is 11.5 Å². The van der Waals surface area contributed by atoms with E-state index in [2.05, 4.69) is 17.8 Å². The molecule has 2 aromatic rings. The number of methoxy groups -OCH3 is 2. The number of hydrazine groups is 1. The van der Waals surface area contributed by atoms with Crippen molar-refractivity contribution < 1.29 is 19.1 Å². The highest BCUT2D eigenvalue weighted by Crippen LogP contribution is 2.32. The molecule has 1 aromatic heterocycles. The molecule has 0 saturated heterocycles. The van der Waals surface area contributed by atoms with Crippen LogP contribution in [0.1, 0.15) is 45.4 Å². The third-order valence-corrected chi connectivity index (χ3v) is 6.19. The van der Waals surface area contributed by atoms with Crippen molar-refractivity contribution in [3.05, 3.63) is 45.1 Å². The SMILES string of the molecule is COc1ccc(CCC(=O)NNC(=O)c2cc3c(s2)CC[C@H](C)C3)cc1OC. The lowest BCUT2D eigenvalue weighted by molar-refractivity contribution is -0.121. The number of hydrogen-bond donors (Lipinski definition) is 2. The highest BCUT2D eigenvalue weighted by Gasteiger charge is 2.20. The smallest absolute Gasteiger partial charge is 0.279 e. The molecule has 1 aliphatic carbocycles. The number of carbonyl (C=O) groups is 2. The molecule has 0 spiro atoms. The van der Waals surface area contributed by atoms with E-state index in [0.717, 1.165) is 18.4 Å². The number of rotatable bonds is 6. The van der Waals surface area contributed by atoms with Crippen LogP contribution in [0.5, 0.6) is 11.5 Å². The lowest BCUT2D eigenvalue weighted by atomic mass is 9.90. The van der Waals surface area contributed by atoms with E-state index in [-0.39, 0.29) is 18.2 Å². The van der Waals surface area contributed by atoms with Gasteiger partial charge in [-0.05, 0) is 60.9 Å². The Morgan fingerprint density at radius 3 is 2.68 bits per heavy atom. The number of amides is 2. The van der Waals surface area contributed by atoms with Gasteiger partial charge in [0.1, 0.15) is 0 Å². The zero-order valence-electron chi connectivity index (χ0n) is 16.5. The van der Waals surface area contributed by atoms with Crippen molar-refractivity contribution in [3.8, 4) is 11.5 Å². The Morgan fingerprint density at radius 1 is 1.14 bits per heavy atom. The fourth-order valence-electron chi connectivity index (χ4n) is 3.36. The minimum atomic E-state index is -0.258. The van der Waals surface area contributed by atoms with Crippen molar-refractivity contribution in [1.82, 2.24) is 10.9 Å². The van der Waals surface area contributed by atoms with Crippen LogP contribution >= 0.6 is 11.3 Å². The summed E-state index contributed by atoms with van der Waals surface area (Å²) in [6.45, 7) is 2.24. The van der Waals surface area contributed by atoms with Gasteiger partial charge in [0, 0.05) is 11.3 Å². The molecule has 1 aromatic carbocycles. The van der Waals surface area contributed by atoms with Crippen LogP contribution in [-0.2, 0) is 24.1 Å². The number of benzene rings is 1. The molecule has 1 heterocycles. The van der Waals surface area contributed by atoms with Crippen molar-refractivity contribution in [3.63, 3.8) is 0 Å². The fourth-order valence-corrected chi connectivity index (χ4v) is 4.47. The lowest BCUT2D eigenvalue weighted by Crippen LogP contribution is -2.41. The summed E-state index contributed by atoms with van der Waals surface area (Å²) in [6, 6.07) is 7.51. The van der Waals surface area contributed by atoms with Crippen molar-refractivity contribution >= 4 is 23.2 Å². The topological polar surface area (TPSA) is 76.7 Å². The highest BCUT2D eigenvalue weighted by atomic mass is 32.1. The van der Waals surface area contributed by atoms with Gasteiger partial charge in [-0.3, -0.25) is 20.4 Å². The molecule has 150 valence electrons. The predicted molar refractivity (Wildman–Crippen MR) is 109 cm³/mol. The van der Waals surface area contributed by atoms with Crippen molar-refractivity contribution in [2.24, 2.45) is 5.92 Å². The van der Waals surface area contributed by atoms with Crippen LogP contribution in [0, 0.1) is 5.92 Å². The fraction of sp³-hybridized carbons (Fsp3) is 0.429. The molecule has 0 aliphatic heterocycles. The molecule has 1 atom stereocenters. The Bertz CT molecular complexity index is 862. The summed E-state index contributed by atoms with van der Waals surface area (Å²) < 4.78 is 10.5. The second-order valence-electron chi connectivity index (χ2n) is 7.10. The number of nitrogens with one attached hydrogen (secondary N) is 2. The minimum Gasteiger partial charge on any atom is -0.493 e. The Labute approximate surface area is 169 Å². The molecule has 0 fully saturated rings. The van der Waals surface area contributed by atoms with E-state index in [4.69, 9.17) is 9.47 Å². The van der Waals surface area contributed by atoms with Crippen LogP contribution in [0.4, 0.5) is 0 Å². The summed E-state index contributed by atoms with van der Waals surface area (Å²) >= 11 is 1.53. The number of fused-ring (bicyclic) bond motifs is 1. The number of hydrogen-bond acceptors (Lipinski definition) is 5. The number of aryl methyl sites for hydroxylation is 2. The van der Waals surface area contributed by atoms with Crippen LogP contribution in [0.3, 0.4) is 0 Å². The maximum absolute atomic E-state index is 12.3. The van der Waals surface area contributed by atoms with E-state index >= 15 is 0 Å². The average Bonchev–Trinajstić information content (AvgIpc) is 3.13. The maximum atomic E-state index is 12.3. The molecule has 7 heteroatoms. The Hall–Kier alpha value is -2.54. The lowest BCUT2D eigenvalue weighted by Gasteiger charge is -2.16. The van der Waals surface area contributed by atoms with Crippen molar-refractivity contribution in [2.75, 3.05) is 14.2 Å². The summed E-state index contributed by atoms with van der Waals surface area (Å²) in [7, 11) is 3.16. The Kier molecular flexibility index (Phi) is 6.57. The van der Waals surface area contributed by atoms with Gasteiger partial charge >= 0.3 is 0 Å². The summed E-state index contributed by atoms with van der Waals surface area (Å²) in [4.78, 5) is 26.4. The summed E-state index contributed by atoms with van der Waals surface area (Å²) in [6.07, 6.45) is 4.02. The maximum Gasteiger partial charge on any atom is 0.279 e. The largest absolute Gasteiger partial charge is 0.493 e. The van der Waals surface area contributed by atoms with Gasteiger partial charge in [0.25, 0.3) is 5.91 Å². The molecule has 1 aliphatic rings. The normalized spacial score (nSPS) is 15.5. The molecule has 0 bridgehead atoms. The molecule has 6 nitrogen and oxygen atoms in total. The van der Waals surface area contributed by atoms with Crippen LogP contribution in [0.15, 0.2) is 24.3 Å². The summed E-state index contributed by atoms with van der Waals surface area (Å²) in [5.74, 6) is 1.44. The number of ether oxygens (including phenoxy) is 2. The highest BCUT2D eigenvalue weighted by molar-refractivity contribution is 7.14. The molecule has 28 heavy (non-hydrogen) atoms. The summed E-state index contributed by atoms with van der Waals surface area (Å²) in [5, 5.41) is 0. The first-order chi connectivity index (χ1) is 13.5. The molecule has 0 unspecified atom stereocenters. The van der Waals surface area contributed by atoms with Gasteiger partial charge in [0.05, 0.1) is 19.1 Å². The van der Waals surface area contributed by atoms with Gasteiger partial charge in [-0.25, -0.2) is 0 Å². The van der Waals surface area contributed by atoms with Gasteiger partial charge in [-0.1, -0.05) is 13.0 Å². The summed E-state index contributed by atoms with van der Waals surface area (Å²) in [5.41, 5.74) is 7.26. The number of carbonyl (C=O) groups excluding carboxylic acids is 2. The third kappa shape index (κ3) is 4.84. The van der Waals surface area contributed by atoms with Crippen LogP contribution < -0.4 is 20.3 Å². The first-order valence-electron chi connectivity index (χ1n) is 9.41. The molecule has 0 saturated carbocycles. The molecular formula is C21H26N2O4S. The average molecular weight is 403 g/mol. The van der Waals surface area contributed by atoms with Gasteiger partial charge in [-0.2, -0.15) is 0 Å². The van der Waals surface area contributed by atoms with Crippen molar-refractivity contribution in [2.45, 2.75) is 39.0 Å². The number of thiophene rings is 1. The second kappa shape index (κ2) is 9.10. The van der Waals surface area contributed by atoms with Crippen molar-refractivity contribution in [1.29, 1.82) is 0 Å². The van der Waals surface area contributed by atoms with Gasteiger partial charge in [0.2, 0.25) is 5.91 Å². The van der Waals surface area contributed by atoms with Gasteiger partial charge in [-0.15, -0.1) is 11.3 Å². The van der Waals surface area contributed by atoms with Gasteiger partial charge < -0.3 is 9.47 Å². The van der Waals surface area contributed by atoms with Crippen LogP contribution in [-0.4, -0.2) is 26.0 Å². The van der Waals surface area contributed by atoms with Crippen LogP contribution in [0.2, 0.25) is 0 Å².